The Hall–Kier alpha value is -2.51. The summed E-state index contributed by atoms with van der Waals surface area (Å²) in [6.07, 6.45) is 0.630. The van der Waals surface area contributed by atoms with E-state index in [0.29, 0.717) is 17.8 Å². The number of aromatic amines is 1. The number of carbonyl (C=O) groups is 1. The number of carbonyl (C=O) groups excluding carboxylic acids is 1. The van der Waals surface area contributed by atoms with Crippen molar-refractivity contribution in [3.63, 3.8) is 0 Å². The average Bonchev–Trinajstić information content (AvgIpc) is 2.94. The molecule has 1 aromatic carbocycles. The predicted octanol–water partition coefficient (Wildman–Crippen LogP) is 1.90. The highest BCUT2D eigenvalue weighted by atomic mass is 19.3. The minimum Gasteiger partial charge on any atom is -0.434 e. The van der Waals surface area contributed by atoms with Crippen LogP contribution in [0, 0.1) is 0 Å². The lowest BCUT2D eigenvalue weighted by molar-refractivity contribution is -0.0504. The Morgan fingerprint density at radius 2 is 2.19 bits per heavy atom. The number of nitrogens with zero attached hydrogens (tertiary/aromatic N) is 2. The number of rotatable bonds is 6. The van der Waals surface area contributed by atoms with E-state index >= 15 is 0 Å². The molecule has 2 aromatic rings. The van der Waals surface area contributed by atoms with Crippen molar-refractivity contribution in [2.45, 2.75) is 26.5 Å². The highest BCUT2D eigenvalue weighted by molar-refractivity contribution is 5.90. The van der Waals surface area contributed by atoms with Crippen LogP contribution in [0.2, 0.25) is 0 Å². The Balaban J connectivity index is 2.01. The number of halogens is 2. The third kappa shape index (κ3) is 3.98. The summed E-state index contributed by atoms with van der Waals surface area (Å²) in [6.45, 7) is -1.00. The van der Waals surface area contributed by atoms with Crippen LogP contribution in [0.4, 0.5) is 8.78 Å². The Bertz CT molecular complexity index is 616. The molecule has 21 heavy (non-hydrogen) atoms. The van der Waals surface area contributed by atoms with E-state index in [4.69, 9.17) is 0 Å². The molecular formula is C13H14F2N4O2. The number of hydrogen-bond acceptors (Lipinski definition) is 4. The molecule has 0 fully saturated rings. The van der Waals surface area contributed by atoms with Crippen LogP contribution in [0.25, 0.3) is 0 Å². The first-order valence-corrected chi connectivity index (χ1v) is 6.32. The molecule has 1 amide bonds. The molecule has 1 heterocycles. The van der Waals surface area contributed by atoms with Gasteiger partial charge < -0.3 is 10.1 Å². The first kappa shape index (κ1) is 14.9. The van der Waals surface area contributed by atoms with Crippen LogP contribution in [0.5, 0.6) is 5.75 Å². The van der Waals surface area contributed by atoms with Gasteiger partial charge in [-0.25, -0.2) is 4.98 Å². The SMILES string of the molecule is CCc1nc(C(=O)NCc2ccccc2OC(F)F)n[nH]1. The van der Waals surface area contributed by atoms with Crippen LogP contribution >= 0.6 is 0 Å². The summed E-state index contributed by atoms with van der Waals surface area (Å²) in [5, 5.41) is 8.95. The predicted molar refractivity (Wildman–Crippen MR) is 70.0 cm³/mol. The van der Waals surface area contributed by atoms with Gasteiger partial charge in [-0.2, -0.15) is 8.78 Å². The van der Waals surface area contributed by atoms with Crippen molar-refractivity contribution in [2.24, 2.45) is 0 Å². The van der Waals surface area contributed by atoms with Crippen molar-refractivity contribution in [1.82, 2.24) is 20.5 Å². The van der Waals surface area contributed by atoms with Gasteiger partial charge in [0.15, 0.2) is 0 Å². The molecule has 0 aliphatic heterocycles. The lowest BCUT2D eigenvalue weighted by atomic mass is 10.2. The van der Waals surface area contributed by atoms with Gasteiger partial charge in [0, 0.05) is 18.5 Å². The summed E-state index contributed by atoms with van der Waals surface area (Å²) in [5.41, 5.74) is 0.442. The van der Waals surface area contributed by atoms with E-state index in [1.165, 1.54) is 6.07 Å². The van der Waals surface area contributed by atoms with Crippen LogP contribution in [0.1, 0.15) is 28.9 Å². The summed E-state index contributed by atoms with van der Waals surface area (Å²) in [5.74, 6) is 0.149. The van der Waals surface area contributed by atoms with E-state index in [9.17, 15) is 13.6 Å². The highest BCUT2D eigenvalue weighted by Gasteiger charge is 2.13. The molecule has 0 spiro atoms. The number of ether oxygens (including phenoxy) is 1. The molecule has 1 aromatic heterocycles. The van der Waals surface area contributed by atoms with Gasteiger partial charge >= 0.3 is 6.61 Å². The van der Waals surface area contributed by atoms with E-state index in [1.54, 1.807) is 18.2 Å². The second kappa shape index (κ2) is 6.78. The zero-order valence-electron chi connectivity index (χ0n) is 11.3. The fraction of sp³-hybridized carbons (Fsp3) is 0.308. The maximum atomic E-state index is 12.3. The van der Waals surface area contributed by atoms with Crippen molar-refractivity contribution < 1.29 is 18.3 Å². The number of para-hydroxylation sites is 1. The van der Waals surface area contributed by atoms with Crippen molar-refractivity contribution in [1.29, 1.82) is 0 Å². The van der Waals surface area contributed by atoms with Gasteiger partial charge in [-0.05, 0) is 6.07 Å². The monoisotopic (exact) mass is 296 g/mol. The van der Waals surface area contributed by atoms with E-state index in [1.807, 2.05) is 6.92 Å². The molecule has 6 nitrogen and oxygen atoms in total. The third-order valence-electron chi connectivity index (χ3n) is 2.70. The molecule has 112 valence electrons. The van der Waals surface area contributed by atoms with Crippen LogP contribution in [0.3, 0.4) is 0 Å². The number of aromatic nitrogens is 3. The highest BCUT2D eigenvalue weighted by Crippen LogP contribution is 2.19. The van der Waals surface area contributed by atoms with Crippen LogP contribution < -0.4 is 10.1 Å². The molecule has 0 radical (unpaired) electrons. The molecule has 0 aliphatic rings. The van der Waals surface area contributed by atoms with Gasteiger partial charge in [0.1, 0.15) is 11.6 Å². The lowest BCUT2D eigenvalue weighted by Crippen LogP contribution is -2.24. The van der Waals surface area contributed by atoms with E-state index in [2.05, 4.69) is 25.2 Å². The molecule has 8 heteroatoms. The second-order valence-corrected chi connectivity index (χ2v) is 4.13. The molecule has 2 rings (SSSR count). The number of nitrogens with one attached hydrogen (secondary N) is 2. The Morgan fingerprint density at radius 1 is 1.43 bits per heavy atom. The molecule has 2 N–H and O–H groups in total. The number of alkyl halides is 2. The maximum Gasteiger partial charge on any atom is 0.387 e. The normalized spacial score (nSPS) is 10.7. The van der Waals surface area contributed by atoms with Crippen LogP contribution in [-0.2, 0) is 13.0 Å². The first-order chi connectivity index (χ1) is 10.1. The topological polar surface area (TPSA) is 79.9 Å². The van der Waals surface area contributed by atoms with Crippen molar-refractivity contribution in [3.8, 4) is 5.75 Å². The molecule has 0 bridgehead atoms. The van der Waals surface area contributed by atoms with Crippen molar-refractivity contribution in [2.75, 3.05) is 0 Å². The van der Waals surface area contributed by atoms with Crippen molar-refractivity contribution >= 4 is 5.91 Å². The summed E-state index contributed by atoms with van der Waals surface area (Å²) >= 11 is 0. The molecule has 0 saturated heterocycles. The van der Waals surface area contributed by atoms with Gasteiger partial charge in [-0.15, -0.1) is 5.10 Å². The number of H-pyrrole nitrogens is 1. The van der Waals surface area contributed by atoms with Gasteiger partial charge in [-0.3, -0.25) is 9.89 Å². The zero-order valence-corrected chi connectivity index (χ0v) is 11.3. The molecule has 0 unspecified atom stereocenters. The maximum absolute atomic E-state index is 12.3. The van der Waals surface area contributed by atoms with Crippen LogP contribution in [-0.4, -0.2) is 27.7 Å². The fourth-order valence-electron chi connectivity index (χ4n) is 1.67. The van der Waals surface area contributed by atoms with Gasteiger partial charge in [0.05, 0.1) is 0 Å². The minimum absolute atomic E-state index is 0.0131. The molecule has 0 aliphatic carbocycles. The molecule has 0 saturated carbocycles. The second-order valence-electron chi connectivity index (χ2n) is 4.13. The number of amides is 1. The zero-order chi connectivity index (χ0) is 15.2. The standard InChI is InChI=1S/C13H14F2N4O2/c1-2-10-17-11(19-18-10)12(20)16-7-8-5-3-4-6-9(8)21-13(14)15/h3-6,13H,2,7H2,1H3,(H,16,20)(H,17,18,19). The summed E-state index contributed by atoms with van der Waals surface area (Å²) in [6, 6.07) is 6.25. The van der Waals surface area contributed by atoms with Crippen molar-refractivity contribution in [3.05, 3.63) is 41.5 Å². The van der Waals surface area contributed by atoms with Gasteiger partial charge in [-0.1, -0.05) is 25.1 Å². The third-order valence-corrected chi connectivity index (χ3v) is 2.70. The first-order valence-electron chi connectivity index (χ1n) is 6.32. The van der Waals surface area contributed by atoms with Crippen LogP contribution in [0.15, 0.2) is 24.3 Å². The Morgan fingerprint density at radius 3 is 2.86 bits per heavy atom. The van der Waals surface area contributed by atoms with E-state index in [-0.39, 0.29) is 18.1 Å². The minimum atomic E-state index is -2.91. The largest absolute Gasteiger partial charge is 0.434 e. The lowest BCUT2D eigenvalue weighted by Gasteiger charge is -2.10. The summed E-state index contributed by atoms with van der Waals surface area (Å²) in [7, 11) is 0. The number of benzene rings is 1. The summed E-state index contributed by atoms with van der Waals surface area (Å²) in [4.78, 5) is 15.8. The van der Waals surface area contributed by atoms with Gasteiger partial charge in [0.25, 0.3) is 5.91 Å². The molecule has 0 atom stereocenters. The summed E-state index contributed by atoms with van der Waals surface area (Å²) < 4.78 is 28.9. The smallest absolute Gasteiger partial charge is 0.387 e. The quantitative estimate of drug-likeness (QED) is 0.853. The average molecular weight is 296 g/mol. The number of hydrogen-bond donors (Lipinski definition) is 2. The fourth-order valence-corrected chi connectivity index (χ4v) is 1.67. The Labute approximate surface area is 119 Å². The van der Waals surface area contributed by atoms with E-state index < -0.39 is 12.5 Å². The van der Waals surface area contributed by atoms with Gasteiger partial charge in [0.2, 0.25) is 5.82 Å². The molecular weight excluding hydrogens is 282 g/mol. The Kier molecular flexibility index (Phi) is 4.81. The number of aryl methyl sites for hydroxylation is 1. The van der Waals surface area contributed by atoms with E-state index in [0.717, 1.165) is 0 Å².